The van der Waals surface area contributed by atoms with Gasteiger partial charge in [-0.3, -0.25) is 0 Å². The van der Waals surface area contributed by atoms with Crippen molar-refractivity contribution in [2.45, 2.75) is 215 Å². The number of nitrogens with one attached hydrogen (secondary N) is 4. The third-order valence-electron chi connectivity index (χ3n) is 15.5. The molecule has 0 aliphatic carbocycles. The number of hydrogen-bond acceptors (Lipinski definition) is 16. The van der Waals surface area contributed by atoms with E-state index in [4.69, 9.17) is 56.8 Å². The predicted molar refractivity (Wildman–Crippen MR) is 262 cm³/mol. The lowest BCUT2D eigenvalue weighted by Crippen LogP contribution is -2.42. The number of aliphatic hydroxyl groups is 4. The molecule has 20 nitrogen and oxygen atoms in total. The van der Waals surface area contributed by atoms with Crippen LogP contribution in [0.5, 0.6) is 0 Å². The summed E-state index contributed by atoms with van der Waals surface area (Å²) in [6.45, 7) is 21.7. The van der Waals surface area contributed by atoms with Crippen molar-refractivity contribution >= 4 is 0 Å². The molecule has 8 bridgehead atoms. The molecule has 6 saturated heterocycles. The lowest BCUT2D eigenvalue weighted by atomic mass is 9.89. The lowest BCUT2D eigenvalue weighted by molar-refractivity contribution is -0.174. The first-order valence-corrected chi connectivity index (χ1v) is 26.1. The summed E-state index contributed by atoms with van der Waals surface area (Å²) in [5, 5.41) is 43.8. The van der Waals surface area contributed by atoms with Gasteiger partial charge in [-0.2, -0.15) is 0 Å². The van der Waals surface area contributed by atoms with E-state index in [9.17, 15) is 20.4 Å². The van der Waals surface area contributed by atoms with Gasteiger partial charge in [0.15, 0.2) is 34.7 Å². The summed E-state index contributed by atoms with van der Waals surface area (Å²) in [5.74, 6) is -8.39. The lowest BCUT2D eigenvalue weighted by Gasteiger charge is -2.31. The van der Waals surface area contributed by atoms with Crippen LogP contribution in [0.25, 0.3) is 0 Å². The molecular formula is C54H76N4O16. The van der Waals surface area contributed by atoms with E-state index in [-0.39, 0.29) is 13.2 Å². The Morgan fingerprint density at radius 2 is 0.608 bits per heavy atom. The number of hydrogen-bond donors (Lipinski definition) is 8. The Kier molecular flexibility index (Phi) is 13.2. The number of H-pyrrole nitrogens is 4. The first kappa shape index (κ1) is 52.5. The van der Waals surface area contributed by atoms with Crippen LogP contribution in [0.1, 0.15) is 152 Å². The fourth-order valence-corrected chi connectivity index (χ4v) is 12.7. The zero-order chi connectivity index (χ0) is 52.7. The quantitative estimate of drug-likeness (QED) is 0.105. The smallest absolute Gasteiger partial charge is 0.163 e. The maximum absolute atomic E-state index is 11.5. The molecule has 8 N–H and O–H groups in total. The molecule has 74 heavy (non-hydrogen) atoms. The number of rotatable bonds is 10. The predicted octanol–water partition coefficient (Wildman–Crippen LogP) is 4.93. The Hall–Kier alpha value is -3.52. The average Bonchev–Trinajstić information content (AvgIpc) is 4.16. The molecule has 7 aliphatic heterocycles. The monoisotopic (exact) mass is 1040 g/mol. The van der Waals surface area contributed by atoms with Crippen molar-refractivity contribution in [3.05, 3.63) is 94.1 Å². The summed E-state index contributed by atoms with van der Waals surface area (Å²) >= 11 is 0. The van der Waals surface area contributed by atoms with Gasteiger partial charge in [0.2, 0.25) is 0 Å². The van der Waals surface area contributed by atoms with E-state index >= 15 is 0 Å². The van der Waals surface area contributed by atoms with Crippen LogP contribution in [0.2, 0.25) is 0 Å². The van der Waals surface area contributed by atoms with Crippen LogP contribution >= 0.6 is 0 Å². The van der Waals surface area contributed by atoms with Crippen molar-refractivity contribution in [1.29, 1.82) is 0 Å². The molecule has 6 fully saturated rings. The van der Waals surface area contributed by atoms with Crippen molar-refractivity contribution in [3.63, 3.8) is 0 Å². The van der Waals surface area contributed by atoms with Crippen LogP contribution in [-0.2, 0) is 56.8 Å². The molecule has 11 rings (SSSR count). The third kappa shape index (κ3) is 9.79. The zero-order valence-corrected chi connectivity index (χ0v) is 44.4. The number of aliphatic hydroxyl groups excluding tert-OH is 4. The Balaban J connectivity index is 1.12. The highest BCUT2D eigenvalue weighted by molar-refractivity contribution is 5.41. The largest absolute Gasteiger partial charge is 0.394 e. The Bertz CT molecular complexity index is 2370. The molecule has 20 heteroatoms. The summed E-state index contributed by atoms with van der Waals surface area (Å²) in [5.41, 5.74) is 5.96. The fourth-order valence-electron chi connectivity index (χ4n) is 12.7. The number of aromatic amines is 4. The third-order valence-corrected chi connectivity index (χ3v) is 15.5. The zero-order valence-electron chi connectivity index (χ0n) is 44.4. The Morgan fingerprint density at radius 1 is 0.365 bits per heavy atom. The summed E-state index contributed by atoms with van der Waals surface area (Å²) in [4.78, 5) is 15.3. The van der Waals surface area contributed by atoms with Gasteiger partial charge in [0.1, 0.15) is 73.2 Å². The second kappa shape index (κ2) is 18.6. The minimum absolute atomic E-state index is 0.282. The van der Waals surface area contributed by atoms with Gasteiger partial charge in [0.25, 0.3) is 0 Å². The van der Waals surface area contributed by atoms with Gasteiger partial charge in [-0.1, -0.05) is 0 Å². The normalized spacial score (nSPS) is 38.4. The van der Waals surface area contributed by atoms with E-state index in [1.54, 1.807) is 27.7 Å². The molecular weight excluding hydrogens is 961 g/mol. The molecule has 0 aromatic carbocycles. The minimum Gasteiger partial charge on any atom is -0.394 e. The van der Waals surface area contributed by atoms with Crippen LogP contribution in [0.3, 0.4) is 0 Å². The molecule has 0 spiro atoms. The highest BCUT2D eigenvalue weighted by Gasteiger charge is 2.57. The van der Waals surface area contributed by atoms with Crippen LogP contribution in [0.4, 0.5) is 0 Å². The Labute approximate surface area is 431 Å². The first-order valence-electron chi connectivity index (χ1n) is 26.1. The number of fused-ring (bicyclic) bond motifs is 8. The van der Waals surface area contributed by atoms with Gasteiger partial charge in [0.05, 0.1) is 50.1 Å². The summed E-state index contributed by atoms with van der Waals surface area (Å²) < 4.78 is 79.1. The van der Waals surface area contributed by atoms with E-state index in [0.717, 1.165) is 45.6 Å². The second-order valence-electron chi connectivity index (χ2n) is 23.9. The summed E-state index contributed by atoms with van der Waals surface area (Å²) in [6, 6.07) is 16.1. The average molecular weight is 1040 g/mol. The molecule has 11 heterocycles. The van der Waals surface area contributed by atoms with Crippen LogP contribution in [-0.4, -0.2) is 175 Å². The maximum atomic E-state index is 11.5. The van der Waals surface area contributed by atoms with Crippen LogP contribution in [0, 0.1) is 0 Å². The van der Waals surface area contributed by atoms with E-state index in [0.29, 0.717) is 0 Å². The maximum Gasteiger partial charge on any atom is 0.163 e. The van der Waals surface area contributed by atoms with Gasteiger partial charge >= 0.3 is 0 Å². The second-order valence-corrected chi connectivity index (χ2v) is 23.9. The SMILES string of the molecule is CC1(C)O[C@H]([C@H](O)CO)[C@@H](C2c3ccc([nH]3)C([C@H]3OC(C)(C)O[C@@H]3[C@H]3COC(C)(C)O3)c3ccc([nH]3)C([C@H]3OC(C)(C)O[C@@H]3[C@H](O)CO)c3ccc([nH]3)C([C@H]3OC(C)(C)O[C@@H]3[C@H]3COC(C)(C)O3)c3ccc2[nH]3)O1. The van der Waals surface area contributed by atoms with Crippen molar-refractivity contribution < 1.29 is 77.3 Å². The van der Waals surface area contributed by atoms with E-state index in [1.165, 1.54) is 0 Å². The van der Waals surface area contributed by atoms with Gasteiger partial charge in [0, 0.05) is 45.6 Å². The number of aromatic nitrogens is 4. The van der Waals surface area contributed by atoms with E-state index < -0.39 is 145 Å². The van der Waals surface area contributed by atoms with Crippen molar-refractivity contribution in [2.75, 3.05) is 26.4 Å². The molecule has 4 aromatic rings. The van der Waals surface area contributed by atoms with Crippen LogP contribution in [0.15, 0.2) is 48.5 Å². The topological polar surface area (TPSA) is 255 Å². The number of ether oxygens (including phenoxy) is 12. The van der Waals surface area contributed by atoms with E-state index in [2.05, 4.69) is 19.9 Å². The van der Waals surface area contributed by atoms with Crippen molar-refractivity contribution in [1.82, 2.24) is 19.9 Å². The summed E-state index contributed by atoms with van der Waals surface area (Å²) in [7, 11) is 0. The fraction of sp³-hybridized carbons (Fsp3) is 0.704. The van der Waals surface area contributed by atoms with Crippen molar-refractivity contribution in [2.24, 2.45) is 0 Å². The summed E-state index contributed by atoms with van der Waals surface area (Å²) in [6.07, 6.45) is -9.53. The molecule has 408 valence electrons. The molecule has 0 amide bonds. The first-order chi connectivity index (χ1) is 34.7. The molecule has 4 aromatic heterocycles. The molecule has 0 radical (unpaired) electrons. The minimum atomic E-state index is -1.28. The van der Waals surface area contributed by atoms with E-state index in [1.807, 2.05) is 104 Å². The van der Waals surface area contributed by atoms with Gasteiger partial charge in [-0.05, 0) is 132 Å². The standard InChI is InChI=1S/C54H76N4O16/c1-49(2)63-23-35(65-49)43-47(73-53(9,10)69-43)39-29-17-13-25(55-29)37(45-41(33(61)21-59)67-51(5,6)71-45)27-15-19-31(57-27)40(48-44(70-54(11,12)74-48)36-24-64-50(3,4)66-36)32-20-16-28(58-32)38(26-14-18-30(39)56-26)46-42(34(62)22-60)68-52(7,8)72-46/h13-20,33-48,55-62H,21-24H2,1-12H3/t33-,34-,35-,36-,37?,38?,39?,40?,41-,42-,43-,44-,45-,46-,47-,48-/m1/s1. The van der Waals surface area contributed by atoms with Gasteiger partial charge < -0.3 is 97.2 Å². The molecule has 0 unspecified atom stereocenters. The van der Waals surface area contributed by atoms with Crippen LogP contribution < -0.4 is 0 Å². The highest BCUT2D eigenvalue weighted by Crippen LogP contribution is 2.50. The molecule has 0 saturated carbocycles. The molecule has 12 atom stereocenters. The highest BCUT2D eigenvalue weighted by atomic mass is 16.8. The van der Waals surface area contributed by atoms with Gasteiger partial charge in [-0.15, -0.1) is 0 Å². The van der Waals surface area contributed by atoms with Gasteiger partial charge in [-0.25, -0.2) is 0 Å². The molecule has 7 aliphatic rings. The van der Waals surface area contributed by atoms with Crippen molar-refractivity contribution in [3.8, 4) is 0 Å². The Morgan fingerprint density at radius 3 is 0.865 bits per heavy atom.